The van der Waals surface area contributed by atoms with E-state index < -0.39 is 17.7 Å². The van der Waals surface area contributed by atoms with Crippen molar-refractivity contribution < 1.29 is 19.1 Å². The average Bonchev–Trinajstić information content (AvgIpc) is 2.46. The standard InChI is InChI=1S/C14H11BrO5/c1-19-13(17)8-6-10(14(18)20-7-8)12(16)9-4-2-3-5-11(9)15/h2-7,12,16H,1H3. The molecule has 0 aliphatic carbocycles. The van der Waals surface area contributed by atoms with Crippen LogP contribution in [-0.2, 0) is 4.74 Å². The Kier molecular flexibility index (Phi) is 4.36. The Morgan fingerprint density at radius 1 is 1.35 bits per heavy atom. The first-order valence-corrected chi connectivity index (χ1v) is 6.47. The van der Waals surface area contributed by atoms with Crippen molar-refractivity contribution in [3.63, 3.8) is 0 Å². The maximum Gasteiger partial charge on any atom is 0.341 e. The third kappa shape index (κ3) is 2.81. The van der Waals surface area contributed by atoms with Gasteiger partial charge in [0.1, 0.15) is 12.4 Å². The number of methoxy groups -OCH3 is 1. The molecule has 1 N–H and O–H groups in total. The summed E-state index contributed by atoms with van der Waals surface area (Å²) in [6, 6.07) is 8.19. The van der Waals surface area contributed by atoms with E-state index in [1.54, 1.807) is 24.3 Å². The number of halogens is 1. The number of esters is 1. The summed E-state index contributed by atoms with van der Waals surface area (Å²) in [6.07, 6.45) is -0.198. The van der Waals surface area contributed by atoms with Crippen LogP contribution in [0.15, 0.2) is 50.3 Å². The topological polar surface area (TPSA) is 76.7 Å². The minimum atomic E-state index is -1.20. The lowest BCUT2D eigenvalue weighted by atomic mass is 10.0. The van der Waals surface area contributed by atoms with Gasteiger partial charge < -0.3 is 14.3 Å². The van der Waals surface area contributed by atoms with Crippen molar-refractivity contribution in [3.8, 4) is 0 Å². The van der Waals surface area contributed by atoms with E-state index in [2.05, 4.69) is 20.7 Å². The molecule has 0 saturated heterocycles. The second kappa shape index (κ2) is 6.02. The van der Waals surface area contributed by atoms with Gasteiger partial charge in [0.05, 0.1) is 18.2 Å². The molecule has 1 aromatic heterocycles. The fourth-order valence-corrected chi connectivity index (χ4v) is 2.23. The van der Waals surface area contributed by atoms with Crippen LogP contribution < -0.4 is 5.63 Å². The van der Waals surface area contributed by atoms with E-state index in [9.17, 15) is 14.7 Å². The molecule has 1 heterocycles. The first-order valence-electron chi connectivity index (χ1n) is 5.68. The summed E-state index contributed by atoms with van der Waals surface area (Å²) in [5, 5.41) is 10.3. The van der Waals surface area contributed by atoms with E-state index in [0.29, 0.717) is 10.0 Å². The summed E-state index contributed by atoms with van der Waals surface area (Å²) in [6.45, 7) is 0. The molecule has 0 amide bonds. The van der Waals surface area contributed by atoms with Crippen LogP contribution in [0.3, 0.4) is 0 Å². The Bertz CT molecular complexity index is 692. The molecular formula is C14H11BrO5. The minimum absolute atomic E-state index is 0.0280. The molecule has 0 radical (unpaired) electrons. The molecule has 6 heteroatoms. The van der Waals surface area contributed by atoms with Crippen LogP contribution in [0, 0.1) is 0 Å². The second-order valence-corrected chi connectivity index (χ2v) is 4.85. The summed E-state index contributed by atoms with van der Waals surface area (Å²) in [4.78, 5) is 23.1. The van der Waals surface area contributed by atoms with Gasteiger partial charge in [-0.15, -0.1) is 0 Å². The number of hydrogen-bond acceptors (Lipinski definition) is 5. The Morgan fingerprint density at radius 3 is 2.70 bits per heavy atom. The van der Waals surface area contributed by atoms with E-state index in [1.165, 1.54) is 13.2 Å². The van der Waals surface area contributed by atoms with Gasteiger partial charge in [-0.1, -0.05) is 34.1 Å². The lowest BCUT2D eigenvalue weighted by molar-refractivity contribution is 0.0597. The first-order chi connectivity index (χ1) is 9.54. The SMILES string of the molecule is COC(=O)c1coc(=O)c(C(O)c2ccccc2Br)c1. The summed E-state index contributed by atoms with van der Waals surface area (Å²) < 4.78 is 9.96. The van der Waals surface area contributed by atoms with E-state index >= 15 is 0 Å². The minimum Gasteiger partial charge on any atom is -0.465 e. The van der Waals surface area contributed by atoms with Gasteiger partial charge in [0.15, 0.2) is 0 Å². The van der Waals surface area contributed by atoms with E-state index in [4.69, 9.17) is 4.42 Å². The van der Waals surface area contributed by atoms with Gasteiger partial charge in [-0.05, 0) is 17.7 Å². The number of carbonyl (C=O) groups is 1. The Hall–Kier alpha value is -1.92. The first kappa shape index (κ1) is 14.5. The highest BCUT2D eigenvalue weighted by molar-refractivity contribution is 9.10. The number of aliphatic hydroxyl groups excluding tert-OH is 1. The van der Waals surface area contributed by atoms with Gasteiger partial charge >= 0.3 is 11.6 Å². The zero-order chi connectivity index (χ0) is 14.7. The fraction of sp³-hybridized carbons (Fsp3) is 0.143. The van der Waals surface area contributed by atoms with Crippen LogP contribution in [0.5, 0.6) is 0 Å². The summed E-state index contributed by atoms with van der Waals surface area (Å²) >= 11 is 3.30. The fourth-order valence-electron chi connectivity index (χ4n) is 1.73. The van der Waals surface area contributed by atoms with Crippen molar-refractivity contribution in [2.75, 3.05) is 7.11 Å². The average molecular weight is 339 g/mol. The Labute approximate surface area is 122 Å². The maximum atomic E-state index is 11.7. The normalized spacial score (nSPS) is 11.9. The highest BCUT2D eigenvalue weighted by Crippen LogP contribution is 2.27. The van der Waals surface area contributed by atoms with Crippen LogP contribution in [0.25, 0.3) is 0 Å². The molecule has 0 bridgehead atoms. The van der Waals surface area contributed by atoms with Crippen molar-refractivity contribution in [2.24, 2.45) is 0 Å². The number of hydrogen-bond donors (Lipinski definition) is 1. The predicted octanol–water partition coefficient (Wildman–Crippen LogP) is 2.27. The molecule has 104 valence electrons. The van der Waals surface area contributed by atoms with Crippen LogP contribution in [-0.4, -0.2) is 18.2 Å². The van der Waals surface area contributed by atoms with Crippen molar-refractivity contribution in [2.45, 2.75) is 6.10 Å². The van der Waals surface area contributed by atoms with E-state index in [0.717, 1.165) is 6.26 Å². The van der Waals surface area contributed by atoms with E-state index in [1.807, 2.05) is 0 Å². The molecular weight excluding hydrogens is 328 g/mol. The molecule has 1 atom stereocenters. The lowest BCUT2D eigenvalue weighted by Gasteiger charge is -2.12. The van der Waals surface area contributed by atoms with Crippen LogP contribution in [0.4, 0.5) is 0 Å². The molecule has 0 aliphatic rings. The number of aliphatic hydroxyl groups is 1. The molecule has 2 aromatic rings. The number of ether oxygens (including phenoxy) is 1. The van der Waals surface area contributed by atoms with Gasteiger partial charge in [-0.2, -0.15) is 0 Å². The summed E-state index contributed by atoms with van der Waals surface area (Å²) in [5.74, 6) is -0.644. The molecule has 0 saturated carbocycles. The van der Waals surface area contributed by atoms with Crippen molar-refractivity contribution in [3.05, 3.63) is 68.2 Å². The van der Waals surface area contributed by atoms with Gasteiger partial charge in [0, 0.05) is 4.47 Å². The zero-order valence-electron chi connectivity index (χ0n) is 10.5. The molecule has 20 heavy (non-hydrogen) atoms. The second-order valence-electron chi connectivity index (χ2n) is 3.99. The maximum absolute atomic E-state index is 11.7. The predicted molar refractivity (Wildman–Crippen MR) is 74.5 cm³/mol. The van der Waals surface area contributed by atoms with Gasteiger partial charge in [0.2, 0.25) is 0 Å². The Morgan fingerprint density at radius 2 is 2.05 bits per heavy atom. The number of carbonyl (C=O) groups excluding carboxylic acids is 1. The van der Waals surface area contributed by atoms with Crippen LogP contribution >= 0.6 is 15.9 Å². The monoisotopic (exact) mass is 338 g/mol. The van der Waals surface area contributed by atoms with Crippen molar-refractivity contribution in [1.29, 1.82) is 0 Å². The largest absolute Gasteiger partial charge is 0.465 e. The smallest absolute Gasteiger partial charge is 0.341 e. The molecule has 0 spiro atoms. The lowest BCUT2D eigenvalue weighted by Crippen LogP contribution is -2.15. The highest BCUT2D eigenvalue weighted by Gasteiger charge is 2.20. The highest BCUT2D eigenvalue weighted by atomic mass is 79.9. The third-order valence-electron chi connectivity index (χ3n) is 2.76. The van der Waals surface area contributed by atoms with Crippen LogP contribution in [0.2, 0.25) is 0 Å². The number of rotatable bonds is 3. The number of benzene rings is 1. The Balaban J connectivity index is 2.49. The summed E-state index contributed by atoms with van der Waals surface area (Å²) in [5.41, 5.74) is -0.171. The quantitative estimate of drug-likeness (QED) is 0.868. The molecule has 2 rings (SSSR count). The van der Waals surface area contributed by atoms with Gasteiger partial charge in [-0.3, -0.25) is 0 Å². The van der Waals surface area contributed by atoms with Crippen molar-refractivity contribution in [1.82, 2.24) is 0 Å². The molecule has 1 aromatic carbocycles. The molecule has 0 fully saturated rings. The van der Waals surface area contributed by atoms with Crippen LogP contribution in [0.1, 0.15) is 27.6 Å². The molecule has 1 unspecified atom stereocenters. The summed E-state index contributed by atoms with van der Waals surface area (Å²) in [7, 11) is 1.22. The van der Waals surface area contributed by atoms with Crippen molar-refractivity contribution >= 4 is 21.9 Å². The van der Waals surface area contributed by atoms with E-state index in [-0.39, 0.29) is 11.1 Å². The zero-order valence-corrected chi connectivity index (χ0v) is 12.1. The van der Waals surface area contributed by atoms with Gasteiger partial charge in [0.25, 0.3) is 0 Å². The molecule has 5 nitrogen and oxygen atoms in total. The van der Waals surface area contributed by atoms with Gasteiger partial charge in [-0.25, -0.2) is 9.59 Å². The third-order valence-corrected chi connectivity index (χ3v) is 3.48. The molecule has 0 aliphatic heterocycles.